The second-order valence-corrected chi connectivity index (χ2v) is 7.47. The second kappa shape index (κ2) is 7.83. The number of rotatable bonds is 4. The van der Waals surface area contributed by atoms with E-state index in [1.165, 1.54) is 10.8 Å². The molecule has 3 aromatic rings. The predicted octanol–water partition coefficient (Wildman–Crippen LogP) is 5.29. The molecular formula is C24H25NO2. The van der Waals surface area contributed by atoms with E-state index < -0.39 is 0 Å². The Morgan fingerprint density at radius 2 is 1.74 bits per heavy atom. The van der Waals surface area contributed by atoms with Crippen LogP contribution in [0.2, 0.25) is 0 Å². The standard InChI is InChI=1S/C24H25NO2/c1-18-11-13-25(14-12-18)24(26)22-8-4-5-19(15-22)17-27-23-10-9-20-6-2-3-7-21(20)16-23/h2-10,15-16,18H,11-14,17H2,1H3. The lowest BCUT2D eigenvalue weighted by atomic mass is 9.98. The van der Waals surface area contributed by atoms with Crippen molar-refractivity contribution >= 4 is 16.7 Å². The average Bonchev–Trinajstić information content (AvgIpc) is 2.72. The Hall–Kier alpha value is -2.81. The molecule has 1 saturated heterocycles. The van der Waals surface area contributed by atoms with Gasteiger partial charge in [0.05, 0.1) is 0 Å². The van der Waals surface area contributed by atoms with Gasteiger partial charge in [0.2, 0.25) is 0 Å². The van der Waals surface area contributed by atoms with Gasteiger partial charge in [-0.2, -0.15) is 0 Å². The fourth-order valence-electron chi connectivity index (χ4n) is 3.61. The van der Waals surface area contributed by atoms with E-state index in [0.29, 0.717) is 6.61 Å². The van der Waals surface area contributed by atoms with Gasteiger partial charge < -0.3 is 9.64 Å². The zero-order chi connectivity index (χ0) is 18.6. The number of carbonyl (C=O) groups excluding carboxylic acids is 1. The number of benzene rings is 3. The van der Waals surface area contributed by atoms with E-state index in [0.717, 1.165) is 48.7 Å². The number of nitrogens with zero attached hydrogens (tertiary/aromatic N) is 1. The summed E-state index contributed by atoms with van der Waals surface area (Å²) in [6.45, 7) is 4.43. The number of piperidine rings is 1. The monoisotopic (exact) mass is 359 g/mol. The summed E-state index contributed by atoms with van der Waals surface area (Å²) in [6, 6.07) is 22.2. The fraction of sp³-hybridized carbons (Fsp3) is 0.292. The van der Waals surface area contributed by atoms with Crippen LogP contribution >= 0.6 is 0 Å². The smallest absolute Gasteiger partial charge is 0.253 e. The first-order valence-electron chi connectivity index (χ1n) is 9.69. The Kier molecular flexibility index (Phi) is 5.10. The molecule has 0 radical (unpaired) electrons. The van der Waals surface area contributed by atoms with E-state index in [9.17, 15) is 4.79 Å². The van der Waals surface area contributed by atoms with Crippen molar-refractivity contribution in [3.05, 3.63) is 77.9 Å². The number of hydrogen-bond acceptors (Lipinski definition) is 2. The van der Waals surface area contributed by atoms with Gasteiger partial charge in [0.25, 0.3) is 5.91 Å². The molecule has 4 rings (SSSR count). The zero-order valence-electron chi connectivity index (χ0n) is 15.7. The quantitative estimate of drug-likeness (QED) is 0.633. The third-order valence-corrected chi connectivity index (χ3v) is 5.37. The highest BCUT2D eigenvalue weighted by molar-refractivity contribution is 5.94. The number of hydrogen-bond donors (Lipinski definition) is 0. The lowest BCUT2D eigenvalue weighted by Crippen LogP contribution is -2.37. The Balaban J connectivity index is 1.43. The Morgan fingerprint density at radius 3 is 2.56 bits per heavy atom. The van der Waals surface area contributed by atoms with Crippen LogP contribution in [0.1, 0.15) is 35.7 Å². The minimum Gasteiger partial charge on any atom is -0.489 e. The lowest BCUT2D eigenvalue weighted by Gasteiger charge is -2.30. The molecule has 0 aliphatic carbocycles. The number of ether oxygens (including phenoxy) is 1. The Labute approximate surface area is 160 Å². The molecule has 0 atom stereocenters. The van der Waals surface area contributed by atoms with Crippen LogP contribution < -0.4 is 4.74 Å². The molecule has 0 spiro atoms. The maximum Gasteiger partial charge on any atom is 0.253 e. The maximum atomic E-state index is 12.8. The van der Waals surface area contributed by atoms with Gasteiger partial charge in [-0.25, -0.2) is 0 Å². The predicted molar refractivity (Wildman–Crippen MR) is 109 cm³/mol. The molecule has 3 heteroatoms. The van der Waals surface area contributed by atoms with Crippen LogP contribution in [0, 0.1) is 5.92 Å². The summed E-state index contributed by atoms with van der Waals surface area (Å²) >= 11 is 0. The molecule has 0 aromatic heterocycles. The van der Waals surface area contributed by atoms with Gasteiger partial charge in [-0.05, 0) is 59.4 Å². The normalized spacial score (nSPS) is 15.1. The Bertz CT molecular complexity index is 942. The molecule has 0 bridgehead atoms. The molecule has 1 amide bonds. The van der Waals surface area contributed by atoms with Crippen LogP contribution in [0.3, 0.4) is 0 Å². The van der Waals surface area contributed by atoms with Crippen LogP contribution in [-0.2, 0) is 6.61 Å². The van der Waals surface area contributed by atoms with Crippen LogP contribution in [0.5, 0.6) is 5.75 Å². The highest BCUT2D eigenvalue weighted by Gasteiger charge is 2.21. The summed E-state index contributed by atoms with van der Waals surface area (Å²) in [6.07, 6.45) is 2.19. The van der Waals surface area contributed by atoms with Gasteiger partial charge in [-0.3, -0.25) is 4.79 Å². The molecular weight excluding hydrogens is 334 g/mol. The van der Waals surface area contributed by atoms with Gasteiger partial charge in [0.1, 0.15) is 12.4 Å². The minimum atomic E-state index is 0.134. The van der Waals surface area contributed by atoms with Crippen molar-refractivity contribution in [3.8, 4) is 5.75 Å². The minimum absolute atomic E-state index is 0.134. The third kappa shape index (κ3) is 4.13. The maximum absolute atomic E-state index is 12.8. The van der Waals surface area contributed by atoms with E-state index in [-0.39, 0.29) is 5.91 Å². The molecule has 3 aromatic carbocycles. The van der Waals surface area contributed by atoms with Crippen molar-refractivity contribution < 1.29 is 9.53 Å². The van der Waals surface area contributed by atoms with E-state index in [2.05, 4.69) is 31.2 Å². The zero-order valence-corrected chi connectivity index (χ0v) is 15.7. The summed E-state index contributed by atoms with van der Waals surface area (Å²) in [5, 5.41) is 2.37. The number of carbonyl (C=O) groups is 1. The Morgan fingerprint density at radius 1 is 0.963 bits per heavy atom. The molecule has 27 heavy (non-hydrogen) atoms. The highest BCUT2D eigenvalue weighted by Crippen LogP contribution is 2.22. The van der Waals surface area contributed by atoms with Crippen molar-refractivity contribution in [2.24, 2.45) is 5.92 Å². The molecule has 3 nitrogen and oxygen atoms in total. The summed E-state index contributed by atoms with van der Waals surface area (Å²) < 4.78 is 5.97. The first kappa shape index (κ1) is 17.6. The van der Waals surface area contributed by atoms with Crippen molar-refractivity contribution in [1.29, 1.82) is 0 Å². The van der Waals surface area contributed by atoms with E-state index >= 15 is 0 Å². The lowest BCUT2D eigenvalue weighted by molar-refractivity contribution is 0.0697. The average molecular weight is 359 g/mol. The van der Waals surface area contributed by atoms with Crippen LogP contribution in [0.4, 0.5) is 0 Å². The van der Waals surface area contributed by atoms with Crippen molar-refractivity contribution in [3.63, 3.8) is 0 Å². The van der Waals surface area contributed by atoms with Crippen LogP contribution in [-0.4, -0.2) is 23.9 Å². The number of fused-ring (bicyclic) bond motifs is 1. The molecule has 0 unspecified atom stereocenters. The van der Waals surface area contributed by atoms with E-state index in [1.807, 2.05) is 47.4 Å². The van der Waals surface area contributed by atoms with Crippen molar-refractivity contribution in [2.45, 2.75) is 26.4 Å². The summed E-state index contributed by atoms with van der Waals surface area (Å²) in [4.78, 5) is 14.7. The molecule has 138 valence electrons. The molecule has 1 heterocycles. The van der Waals surface area contributed by atoms with Crippen LogP contribution in [0.25, 0.3) is 10.8 Å². The number of likely N-dealkylation sites (tertiary alicyclic amines) is 1. The molecule has 1 fully saturated rings. The fourth-order valence-corrected chi connectivity index (χ4v) is 3.61. The van der Waals surface area contributed by atoms with Gasteiger partial charge >= 0.3 is 0 Å². The van der Waals surface area contributed by atoms with Crippen molar-refractivity contribution in [1.82, 2.24) is 4.90 Å². The summed E-state index contributed by atoms with van der Waals surface area (Å²) in [5.74, 6) is 1.70. The molecule has 1 aliphatic heterocycles. The summed E-state index contributed by atoms with van der Waals surface area (Å²) in [7, 11) is 0. The van der Waals surface area contributed by atoms with E-state index in [4.69, 9.17) is 4.74 Å². The van der Waals surface area contributed by atoms with Gasteiger partial charge in [-0.15, -0.1) is 0 Å². The molecule has 1 aliphatic rings. The van der Waals surface area contributed by atoms with Crippen molar-refractivity contribution in [2.75, 3.05) is 13.1 Å². The van der Waals surface area contributed by atoms with Gasteiger partial charge in [-0.1, -0.05) is 49.4 Å². The first-order chi connectivity index (χ1) is 13.2. The third-order valence-electron chi connectivity index (χ3n) is 5.37. The topological polar surface area (TPSA) is 29.5 Å². The largest absolute Gasteiger partial charge is 0.489 e. The molecule has 0 N–H and O–H groups in total. The van der Waals surface area contributed by atoms with Gasteiger partial charge in [0, 0.05) is 18.7 Å². The SMILES string of the molecule is CC1CCN(C(=O)c2cccc(COc3ccc4ccccc4c3)c2)CC1. The second-order valence-electron chi connectivity index (χ2n) is 7.47. The van der Waals surface area contributed by atoms with E-state index in [1.54, 1.807) is 0 Å². The highest BCUT2D eigenvalue weighted by atomic mass is 16.5. The van der Waals surface area contributed by atoms with Gasteiger partial charge in [0.15, 0.2) is 0 Å². The first-order valence-corrected chi connectivity index (χ1v) is 9.69. The molecule has 0 saturated carbocycles. The summed E-state index contributed by atoms with van der Waals surface area (Å²) in [5.41, 5.74) is 1.77. The van der Waals surface area contributed by atoms with Crippen LogP contribution in [0.15, 0.2) is 66.7 Å². The number of amides is 1.